The Bertz CT molecular complexity index is 503. The molecule has 0 bridgehead atoms. The third-order valence-electron chi connectivity index (χ3n) is 4.20. The quantitative estimate of drug-likeness (QED) is 0.876. The Kier molecular flexibility index (Phi) is 5.81. The molecule has 0 radical (unpaired) electrons. The molecule has 1 fully saturated rings. The van der Waals surface area contributed by atoms with Crippen molar-refractivity contribution < 1.29 is 19.4 Å². The molecule has 3 atom stereocenters. The summed E-state index contributed by atoms with van der Waals surface area (Å²) in [5.41, 5.74) is 0.928. The smallest absolute Gasteiger partial charge is 0.407 e. The normalized spacial score (nSPS) is 24.5. The Balaban J connectivity index is 1.84. The van der Waals surface area contributed by atoms with E-state index in [1.54, 1.807) is 0 Å². The number of benzene rings is 1. The summed E-state index contributed by atoms with van der Waals surface area (Å²) in [6, 6.07) is 9.36. The fraction of sp³-hybridized carbons (Fsp3) is 0.529. The van der Waals surface area contributed by atoms with Gasteiger partial charge in [-0.2, -0.15) is 0 Å². The van der Waals surface area contributed by atoms with Crippen LogP contribution in [0.2, 0.25) is 0 Å². The van der Waals surface area contributed by atoms with Crippen LogP contribution in [0.4, 0.5) is 4.79 Å². The molecule has 2 N–H and O–H groups in total. The number of rotatable bonds is 5. The van der Waals surface area contributed by atoms with Crippen molar-refractivity contribution in [2.45, 2.75) is 45.3 Å². The number of carbonyl (C=O) groups is 2. The van der Waals surface area contributed by atoms with Crippen molar-refractivity contribution in [2.75, 3.05) is 0 Å². The number of hydrogen-bond acceptors (Lipinski definition) is 3. The van der Waals surface area contributed by atoms with Gasteiger partial charge in [0.15, 0.2) is 0 Å². The van der Waals surface area contributed by atoms with E-state index in [0.29, 0.717) is 5.92 Å². The number of carboxylic acid groups (broad SMARTS) is 1. The molecule has 0 aromatic heterocycles. The van der Waals surface area contributed by atoms with Crippen LogP contribution in [0.15, 0.2) is 30.3 Å². The van der Waals surface area contributed by atoms with E-state index in [4.69, 9.17) is 9.84 Å². The Morgan fingerprint density at radius 2 is 2.00 bits per heavy atom. The minimum absolute atomic E-state index is 0.0227. The van der Waals surface area contributed by atoms with Gasteiger partial charge in [0.25, 0.3) is 0 Å². The second-order valence-electron chi connectivity index (χ2n) is 6.09. The van der Waals surface area contributed by atoms with Crippen molar-refractivity contribution in [3.63, 3.8) is 0 Å². The highest BCUT2D eigenvalue weighted by Gasteiger charge is 2.31. The van der Waals surface area contributed by atoms with Crippen LogP contribution in [0.5, 0.6) is 0 Å². The lowest BCUT2D eigenvalue weighted by molar-refractivity contribution is -0.138. The van der Waals surface area contributed by atoms with E-state index >= 15 is 0 Å². The van der Waals surface area contributed by atoms with E-state index in [1.807, 2.05) is 30.3 Å². The van der Waals surface area contributed by atoms with Gasteiger partial charge in [0.2, 0.25) is 0 Å². The summed E-state index contributed by atoms with van der Waals surface area (Å²) in [5.74, 6) is -0.336. The molecule has 1 saturated carbocycles. The minimum Gasteiger partial charge on any atom is -0.481 e. The van der Waals surface area contributed by atoms with Gasteiger partial charge in [-0.05, 0) is 36.7 Å². The summed E-state index contributed by atoms with van der Waals surface area (Å²) >= 11 is 0. The summed E-state index contributed by atoms with van der Waals surface area (Å²) in [4.78, 5) is 22.9. The lowest BCUT2D eigenvalue weighted by atomic mass is 9.77. The predicted octanol–water partition coefficient (Wildman–Crippen LogP) is 3.19. The van der Waals surface area contributed by atoms with Crippen molar-refractivity contribution in [3.8, 4) is 0 Å². The fourth-order valence-electron chi connectivity index (χ4n) is 3.05. The highest BCUT2D eigenvalue weighted by atomic mass is 16.5. The first-order valence-electron chi connectivity index (χ1n) is 7.73. The van der Waals surface area contributed by atoms with Gasteiger partial charge in [-0.1, -0.05) is 37.3 Å². The van der Waals surface area contributed by atoms with Crippen molar-refractivity contribution in [1.29, 1.82) is 0 Å². The summed E-state index contributed by atoms with van der Waals surface area (Å²) in [5, 5.41) is 11.9. The largest absolute Gasteiger partial charge is 0.481 e. The molecule has 22 heavy (non-hydrogen) atoms. The van der Waals surface area contributed by atoms with Crippen LogP contribution < -0.4 is 5.32 Å². The van der Waals surface area contributed by atoms with Gasteiger partial charge in [0.1, 0.15) is 6.61 Å². The summed E-state index contributed by atoms with van der Waals surface area (Å²) in [6.45, 7) is 2.35. The van der Waals surface area contributed by atoms with Gasteiger partial charge in [-0.15, -0.1) is 0 Å². The van der Waals surface area contributed by atoms with E-state index < -0.39 is 12.1 Å². The molecule has 120 valence electrons. The molecule has 3 unspecified atom stereocenters. The van der Waals surface area contributed by atoms with Crippen LogP contribution >= 0.6 is 0 Å². The molecule has 1 aromatic rings. The lowest BCUT2D eigenvalue weighted by Gasteiger charge is -2.34. The number of aliphatic carboxylic acids is 1. The molecule has 1 amide bonds. The molecule has 5 heteroatoms. The molecule has 1 aliphatic rings. The Morgan fingerprint density at radius 3 is 2.68 bits per heavy atom. The second kappa shape index (κ2) is 7.82. The van der Waals surface area contributed by atoms with E-state index in [9.17, 15) is 9.59 Å². The van der Waals surface area contributed by atoms with Crippen LogP contribution in [-0.4, -0.2) is 23.2 Å². The number of hydrogen-bond donors (Lipinski definition) is 2. The molecule has 0 aliphatic heterocycles. The molecular weight excluding hydrogens is 282 g/mol. The highest BCUT2D eigenvalue weighted by Crippen LogP contribution is 2.31. The van der Waals surface area contributed by atoms with Crippen LogP contribution in [-0.2, 0) is 16.1 Å². The maximum absolute atomic E-state index is 11.9. The number of carbonyl (C=O) groups excluding carboxylic acids is 1. The molecule has 5 nitrogen and oxygen atoms in total. The van der Waals surface area contributed by atoms with Gasteiger partial charge in [0, 0.05) is 6.04 Å². The first-order valence-corrected chi connectivity index (χ1v) is 7.73. The monoisotopic (exact) mass is 305 g/mol. The molecule has 1 aliphatic carbocycles. The average molecular weight is 305 g/mol. The van der Waals surface area contributed by atoms with Gasteiger partial charge < -0.3 is 15.2 Å². The number of ether oxygens (including phenoxy) is 1. The van der Waals surface area contributed by atoms with Gasteiger partial charge in [-0.3, -0.25) is 4.79 Å². The topological polar surface area (TPSA) is 75.6 Å². The minimum atomic E-state index is -0.816. The molecule has 1 aromatic carbocycles. The van der Waals surface area contributed by atoms with Crippen LogP contribution in [0.3, 0.4) is 0 Å². The zero-order chi connectivity index (χ0) is 15.9. The number of alkyl carbamates (subject to hydrolysis) is 1. The Labute approximate surface area is 130 Å². The number of amides is 1. The number of nitrogens with one attached hydrogen (secondary N) is 1. The van der Waals surface area contributed by atoms with Crippen LogP contribution in [0, 0.1) is 11.8 Å². The highest BCUT2D eigenvalue weighted by molar-refractivity contribution is 5.69. The van der Waals surface area contributed by atoms with Crippen LogP contribution in [0.1, 0.15) is 38.2 Å². The van der Waals surface area contributed by atoms with E-state index in [2.05, 4.69) is 12.2 Å². The van der Waals surface area contributed by atoms with Crippen LogP contribution in [0.25, 0.3) is 0 Å². The van der Waals surface area contributed by atoms with Crippen molar-refractivity contribution >= 4 is 12.1 Å². The van der Waals surface area contributed by atoms with E-state index in [1.165, 1.54) is 0 Å². The zero-order valence-electron chi connectivity index (χ0n) is 12.8. The zero-order valence-corrected chi connectivity index (χ0v) is 12.8. The first kappa shape index (κ1) is 16.3. The fourth-order valence-corrected chi connectivity index (χ4v) is 3.05. The van der Waals surface area contributed by atoms with E-state index in [-0.39, 0.29) is 25.0 Å². The molecule has 2 rings (SSSR count). The van der Waals surface area contributed by atoms with E-state index in [0.717, 1.165) is 24.8 Å². The SMILES string of the molecule is CC1CCC(NC(=O)OCc2ccccc2)C(CC(=O)O)C1. The molecule has 0 heterocycles. The maximum Gasteiger partial charge on any atom is 0.407 e. The second-order valence-corrected chi connectivity index (χ2v) is 6.09. The van der Waals surface area contributed by atoms with Gasteiger partial charge >= 0.3 is 12.1 Å². The van der Waals surface area contributed by atoms with Gasteiger partial charge in [-0.25, -0.2) is 4.79 Å². The van der Waals surface area contributed by atoms with Crippen molar-refractivity contribution in [2.24, 2.45) is 11.8 Å². The van der Waals surface area contributed by atoms with Gasteiger partial charge in [0.05, 0.1) is 6.42 Å². The standard InChI is InChI=1S/C17H23NO4/c1-12-7-8-15(14(9-12)10-16(19)20)18-17(21)22-11-13-5-3-2-4-6-13/h2-6,12,14-15H,7-11H2,1H3,(H,18,21)(H,19,20). The third-order valence-corrected chi connectivity index (χ3v) is 4.20. The molecule has 0 spiro atoms. The predicted molar refractivity (Wildman–Crippen MR) is 82.3 cm³/mol. The third kappa shape index (κ3) is 5.06. The Morgan fingerprint density at radius 1 is 1.27 bits per heavy atom. The first-order chi connectivity index (χ1) is 10.5. The van der Waals surface area contributed by atoms with Crippen molar-refractivity contribution in [3.05, 3.63) is 35.9 Å². The molecule has 0 saturated heterocycles. The van der Waals surface area contributed by atoms with Crippen molar-refractivity contribution in [1.82, 2.24) is 5.32 Å². The summed E-state index contributed by atoms with van der Waals surface area (Å²) in [7, 11) is 0. The average Bonchev–Trinajstić information content (AvgIpc) is 2.48. The molecular formula is C17H23NO4. The summed E-state index contributed by atoms with van der Waals surface area (Å²) in [6.07, 6.45) is 2.25. The lowest BCUT2D eigenvalue weighted by Crippen LogP contribution is -2.44. The Hall–Kier alpha value is -2.04. The summed E-state index contributed by atoms with van der Waals surface area (Å²) < 4.78 is 5.21. The number of carboxylic acids is 1. The maximum atomic E-state index is 11.9.